The van der Waals surface area contributed by atoms with E-state index in [1.165, 1.54) is 11.1 Å². The fourth-order valence-electron chi connectivity index (χ4n) is 3.36. The van der Waals surface area contributed by atoms with Crippen molar-refractivity contribution < 1.29 is 0 Å². The zero-order chi connectivity index (χ0) is 18.6. The average molecular weight is 395 g/mol. The van der Waals surface area contributed by atoms with Crippen molar-refractivity contribution in [3.8, 4) is 11.3 Å². The van der Waals surface area contributed by atoms with E-state index >= 15 is 0 Å². The lowest BCUT2D eigenvalue weighted by molar-refractivity contribution is 0.290. The minimum atomic E-state index is 0.742. The summed E-state index contributed by atoms with van der Waals surface area (Å²) in [7, 11) is 0. The van der Waals surface area contributed by atoms with Gasteiger partial charge in [0.25, 0.3) is 0 Å². The van der Waals surface area contributed by atoms with E-state index in [1.807, 2.05) is 42.5 Å². The highest BCUT2D eigenvalue weighted by Crippen LogP contribution is 2.25. The maximum absolute atomic E-state index is 5.99. The van der Waals surface area contributed by atoms with Crippen molar-refractivity contribution in [1.82, 2.24) is 9.88 Å². The molecule has 136 valence electrons. The van der Waals surface area contributed by atoms with Gasteiger partial charge in [0.15, 0.2) is 0 Å². The fourth-order valence-corrected chi connectivity index (χ4v) is 3.61. The maximum Gasteiger partial charge on any atom is 0.0705 e. The van der Waals surface area contributed by atoms with Gasteiger partial charge in [-0.05, 0) is 54.0 Å². The second-order valence-corrected chi connectivity index (χ2v) is 7.62. The molecule has 0 atom stereocenters. The van der Waals surface area contributed by atoms with Gasteiger partial charge in [-0.25, -0.2) is 0 Å². The van der Waals surface area contributed by atoms with Crippen LogP contribution in [0.2, 0.25) is 10.0 Å². The summed E-state index contributed by atoms with van der Waals surface area (Å²) in [4.78, 5) is 7.26. The van der Waals surface area contributed by atoms with Gasteiger partial charge in [-0.3, -0.25) is 9.88 Å². The van der Waals surface area contributed by atoms with E-state index in [2.05, 4.69) is 35.2 Å². The Morgan fingerprint density at radius 1 is 0.815 bits per heavy atom. The average Bonchev–Trinajstić information content (AvgIpc) is 2.70. The predicted molar refractivity (Wildman–Crippen MR) is 114 cm³/mol. The van der Waals surface area contributed by atoms with Gasteiger partial charge in [-0.1, -0.05) is 59.6 Å². The molecule has 2 heterocycles. The number of rotatable bonds is 4. The number of hydrogen-bond acceptors (Lipinski definition) is 2. The van der Waals surface area contributed by atoms with Crippen LogP contribution < -0.4 is 0 Å². The molecule has 0 aliphatic carbocycles. The molecule has 2 aromatic carbocycles. The summed E-state index contributed by atoms with van der Waals surface area (Å²) in [5, 5.41) is 1.52. The van der Waals surface area contributed by atoms with Crippen LogP contribution in [-0.4, -0.2) is 23.0 Å². The van der Waals surface area contributed by atoms with Crippen LogP contribution in [0.25, 0.3) is 16.8 Å². The zero-order valence-electron chi connectivity index (χ0n) is 14.9. The lowest BCUT2D eigenvalue weighted by Gasteiger charge is -2.26. The number of nitrogens with zero attached hydrogens (tertiary/aromatic N) is 2. The van der Waals surface area contributed by atoms with Crippen molar-refractivity contribution >= 4 is 28.8 Å². The Labute approximate surface area is 170 Å². The van der Waals surface area contributed by atoms with Crippen molar-refractivity contribution in [3.63, 3.8) is 0 Å². The Morgan fingerprint density at radius 3 is 2.11 bits per heavy atom. The van der Waals surface area contributed by atoms with Crippen LogP contribution in [0.5, 0.6) is 0 Å². The summed E-state index contributed by atoms with van der Waals surface area (Å²) in [6.45, 7) is 2.82. The van der Waals surface area contributed by atoms with Crippen molar-refractivity contribution in [1.29, 1.82) is 0 Å². The highest BCUT2D eigenvalue weighted by molar-refractivity contribution is 6.30. The molecule has 0 N–H and O–H groups in total. The molecule has 1 aromatic heterocycles. The summed E-state index contributed by atoms with van der Waals surface area (Å²) in [6, 6.07) is 22.1. The minimum absolute atomic E-state index is 0.742. The second-order valence-electron chi connectivity index (χ2n) is 6.74. The first kappa shape index (κ1) is 18.2. The van der Waals surface area contributed by atoms with Gasteiger partial charge in [-0.15, -0.1) is 0 Å². The monoisotopic (exact) mass is 394 g/mol. The van der Waals surface area contributed by atoms with Crippen LogP contribution in [0.3, 0.4) is 0 Å². The summed E-state index contributed by atoms with van der Waals surface area (Å²) in [5.41, 5.74) is 5.82. The number of hydrogen-bond donors (Lipinski definition) is 0. The third-order valence-corrected chi connectivity index (χ3v) is 5.34. The Bertz CT molecular complexity index is 947. The quantitative estimate of drug-likeness (QED) is 0.512. The minimum Gasteiger partial charge on any atom is -0.294 e. The van der Waals surface area contributed by atoms with Crippen LogP contribution in [0.4, 0.5) is 0 Å². The Balaban J connectivity index is 1.44. The Kier molecular flexibility index (Phi) is 5.58. The highest BCUT2D eigenvalue weighted by Gasteiger charge is 2.14. The van der Waals surface area contributed by atoms with Crippen LogP contribution in [0.15, 0.2) is 72.8 Å². The number of aromatic nitrogens is 1. The fraction of sp³-hybridized carbons (Fsp3) is 0.174. The Hall–Kier alpha value is -2.13. The van der Waals surface area contributed by atoms with Gasteiger partial charge in [0.05, 0.1) is 11.4 Å². The molecule has 4 heteroatoms. The third kappa shape index (κ3) is 4.59. The molecule has 4 rings (SSSR count). The molecular formula is C23H20Cl2N2. The second kappa shape index (κ2) is 8.26. The SMILES string of the molecule is Clc1ccc(C2=CCN(Cc3cccc(-c4ccc(Cl)cc4)n3)CC2)cc1. The van der Waals surface area contributed by atoms with Crippen LogP contribution in [0, 0.1) is 0 Å². The van der Waals surface area contributed by atoms with Crippen LogP contribution >= 0.6 is 23.2 Å². The molecule has 0 saturated carbocycles. The lowest BCUT2D eigenvalue weighted by Crippen LogP contribution is -2.28. The molecule has 1 aliphatic rings. The van der Waals surface area contributed by atoms with Crippen molar-refractivity contribution in [2.75, 3.05) is 13.1 Å². The first-order valence-corrected chi connectivity index (χ1v) is 9.82. The lowest BCUT2D eigenvalue weighted by atomic mass is 9.99. The molecule has 3 aromatic rings. The van der Waals surface area contributed by atoms with E-state index < -0.39 is 0 Å². The van der Waals surface area contributed by atoms with Crippen molar-refractivity contribution in [3.05, 3.63) is 94.1 Å². The molecule has 0 unspecified atom stereocenters. The van der Waals surface area contributed by atoms with Gasteiger partial charge in [-0.2, -0.15) is 0 Å². The van der Waals surface area contributed by atoms with E-state index in [9.17, 15) is 0 Å². The van der Waals surface area contributed by atoms with Crippen molar-refractivity contribution in [2.24, 2.45) is 0 Å². The molecule has 0 fully saturated rings. The predicted octanol–water partition coefficient (Wildman–Crippen LogP) is 6.34. The smallest absolute Gasteiger partial charge is 0.0705 e. The molecule has 0 radical (unpaired) electrons. The highest BCUT2D eigenvalue weighted by atomic mass is 35.5. The van der Waals surface area contributed by atoms with Crippen molar-refractivity contribution in [2.45, 2.75) is 13.0 Å². The maximum atomic E-state index is 5.99. The van der Waals surface area contributed by atoms with Crippen LogP contribution in [-0.2, 0) is 6.54 Å². The number of pyridine rings is 1. The van der Waals surface area contributed by atoms with E-state index in [-0.39, 0.29) is 0 Å². The molecule has 27 heavy (non-hydrogen) atoms. The molecule has 0 saturated heterocycles. The van der Waals surface area contributed by atoms with Gasteiger partial charge in [0, 0.05) is 35.2 Å². The standard InChI is InChI=1S/C23H20Cl2N2/c24-20-8-4-17(5-9-20)18-12-14-27(15-13-18)16-22-2-1-3-23(26-22)19-6-10-21(25)11-7-19/h1-12H,13-16H2. The summed E-state index contributed by atoms with van der Waals surface area (Å²) in [6.07, 6.45) is 3.36. The molecule has 2 nitrogen and oxygen atoms in total. The molecule has 0 spiro atoms. The van der Waals surface area contributed by atoms with Crippen LogP contribution in [0.1, 0.15) is 17.7 Å². The number of halogens is 2. The summed E-state index contributed by atoms with van der Waals surface area (Å²) in [5.74, 6) is 0. The van der Waals surface area contributed by atoms with Gasteiger partial charge >= 0.3 is 0 Å². The molecule has 1 aliphatic heterocycles. The third-order valence-electron chi connectivity index (χ3n) is 4.84. The van der Waals surface area contributed by atoms with Gasteiger partial charge in [0.2, 0.25) is 0 Å². The topological polar surface area (TPSA) is 16.1 Å². The molecule has 0 amide bonds. The normalized spacial score (nSPS) is 14.8. The number of benzene rings is 2. The van der Waals surface area contributed by atoms with Gasteiger partial charge < -0.3 is 0 Å². The zero-order valence-corrected chi connectivity index (χ0v) is 16.4. The van der Waals surface area contributed by atoms with E-state index in [0.717, 1.165) is 53.1 Å². The molecular weight excluding hydrogens is 375 g/mol. The van der Waals surface area contributed by atoms with Gasteiger partial charge in [0.1, 0.15) is 0 Å². The first-order valence-electron chi connectivity index (χ1n) is 9.06. The summed E-state index contributed by atoms with van der Waals surface area (Å²) >= 11 is 12.0. The Morgan fingerprint density at radius 2 is 1.48 bits per heavy atom. The van der Waals surface area contributed by atoms with E-state index in [0.29, 0.717) is 0 Å². The van der Waals surface area contributed by atoms with E-state index in [1.54, 1.807) is 0 Å². The molecule has 0 bridgehead atoms. The van der Waals surface area contributed by atoms with E-state index in [4.69, 9.17) is 28.2 Å². The first-order chi connectivity index (χ1) is 13.2. The largest absolute Gasteiger partial charge is 0.294 e. The summed E-state index contributed by atoms with van der Waals surface area (Å²) < 4.78 is 0.